The molecular formula is C21H28N2O6S. The third kappa shape index (κ3) is 4.25. The van der Waals surface area contributed by atoms with Crippen molar-refractivity contribution in [3.63, 3.8) is 0 Å². The van der Waals surface area contributed by atoms with Gasteiger partial charge in [-0.1, -0.05) is 11.6 Å². The van der Waals surface area contributed by atoms with Crippen LogP contribution < -0.4 is 4.72 Å². The lowest BCUT2D eigenvalue weighted by Gasteiger charge is -2.50. The summed E-state index contributed by atoms with van der Waals surface area (Å²) in [6, 6.07) is 6.93. The molecule has 30 heavy (non-hydrogen) atoms. The number of carbonyl (C=O) groups excluding carboxylic acids is 1. The number of likely N-dealkylation sites (tertiary alicyclic amines) is 1. The zero-order chi connectivity index (χ0) is 21.7. The maximum Gasteiger partial charge on any atom is 0.289 e. The lowest BCUT2D eigenvalue weighted by Crippen LogP contribution is -2.64. The van der Waals surface area contributed by atoms with E-state index < -0.39 is 27.3 Å². The minimum Gasteiger partial charge on any atom is -0.451 e. The number of carbonyl (C=O) groups is 1. The van der Waals surface area contributed by atoms with Gasteiger partial charge in [0.2, 0.25) is 10.0 Å². The van der Waals surface area contributed by atoms with E-state index in [0.717, 1.165) is 17.2 Å². The van der Waals surface area contributed by atoms with E-state index >= 15 is 0 Å². The van der Waals surface area contributed by atoms with E-state index in [-0.39, 0.29) is 12.5 Å². The van der Waals surface area contributed by atoms with Crippen molar-refractivity contribution in [2.75, 3.05) is 26.0 Å². The summed E-state index contributed by atoms with van der Waals surface area (Å²) in [5.41, 5.74) is -0.0603. The maximum atomic E-state index is 12.9. The van der Waals surface area contributed by atoms with Crippen LogP contribution in [0.15, 0.2) is 28.7 Å². The highest BCUT2D eigenvalue weighted by Gasteiger charge is 2.49. The van der Waals surface area contributed by atoms with Gasteiger partial charge in [-0.15, -0.1) is 0 Å². The van der Waals surface area contributed by atoms with Gasteiger partial charge in [0.15, 0.2) is 5.76 Å². The summed E-state index contributed by atoms with van der Waals surface area (Å²) in [5.74, 6) is 0.156. The monoisotopic (exact) mass is 436 g/mol. The van der Waals surface area contributed by atoms with Crippen LogP contribution in [0.5, 0.6) is 0 Å². The number of amides is 1. The Hall–Kier alpha value is -1.94. The lowest BCUT2D eigenvalue weighted by atomic mass is 9.78. The highest BCUT2D eigenvalue weighted by atomic mass is 32.2. The third-order valence-corrected chi connectivity index (χ3v) is 6.91. The number of piperidine rings is 1. The van der Waals surface area contributed by atoms with E-state index in [1.807, 2.05) is 25.1 Å². The van der Waals surface area contributed by atoms with Gasteiger partial charge in [-0.3, -0.25) is 4.79 Å². The fraction of sp³-hybridized carbons (Fsp3) is 0.571. The molecule has 0 saturated carbocycles. The molecule has 1 aromatic heterocycles. The molecule has 1 amide bonds. The first kappa shape index (κ1) is 21.3. The number of hydrogen-bond donors (Lipinski definition) is 2. The van der Waals surface area contributed by atoms with Crippen molar-refractivity contribution in [1.82, 2.24) is 9.62 Å². The van der Waals surface area contributed by atoms with Crippen molar-refractivity contribution >= 4 is 26.9 Å². The highest BCUT2D eigenvalue weighted by molar-refractivity contribution is 7.88. The first-order chi connectivity index (χ1) is 14.0. The summed E-state index contributed by atoms with van der Waals surface area (Å²) < 4.78 is 37.8. The Morgan fingerprint density at radius 1 is 1.27 bits per heavy atom. The number of nitrogens with one attached hydrogen (secondary N) is 1. The second-order valence-electron chi connectivity index (χ2n) is 8.92. The smallest absolute Gasteiger partial charge is 0.289 e. The Labute approximate surface area is 176 Å². The average Bonchev–Trinajstić information content (AvgIpc) is 3.07. The zero-order valence-electron chi connectivity index (χ0n) is 17.5. The summed E-state index contributed by atoms with van der Waals surface area (Å²) in [6.07, 6.45) is 2.58. The van der Waals surface area contributed by atoms with Crippen molar-refractivity contribution in [1.29, 1.82) is 0 Å². The Bertz CT molecular complexity index is 1070. The van der Waals surface area contributed by atoms with Gasteiger partial charge in [0.05, 0.1) is 24.5 Å². The molecule has 164 valence electrons. The number of furan rings is 1. The molecule has 4 rings (SSSR count). The summed E-state index contributed by atoms with van der Waals surface area (Å²) >= 11 is 0. The van der Waals surface area contributed by atoms with Gasteiger partial charge in [0.25, 0.3) is 5.91 Å². The van der Waals surface area contributed by atoms with Crippen molar-refractivity contribution in [3.8, 4) is 0 Å². The number of benzene rings is 1. The Kier molecular flexibility index (Phi) is 5.21. The second kappa shape index (κ2) is 7.33. The molecule has 9 heteroatoms. The molecule has 0 aliphatic carbocycles. The number of ether oxygens (including phenoxy) is 1. The average molecular weight is 437 g/mol. The molecule has 8 nitrogen and oxygen atoms in total. The summed E-state index contributed by atoms with van der Waals surface area (Å²) in [5, 5.41) is 11.5. The van der Waals surface area contributed by atoms with Gasteiger partial charge in [-0.05, 0) is 51.3 Å². The molecule has 2 N–H and O–H groups in total. The van der Waals surface area contributed by atoms with Crippen LogP contribution in [-0.2, 0) is 14.8 Å². The van der Waals surface area contributed by atoms with Crippen LogP contribution in [0.3, 0.4) is 0 Å². The number of sulfonamides is 1. The van der Waals surface area contributed by atoms with E-state index in [2.05, 4.69) is 4.72 Å². The van der Waals surface area contributed by atoms with Gasteiger partial charge in [-0.25, -0.2) is 13.1 Å². The SMILES string of the molecule is Cc1ccc2oc(C(=O)N3CCC4(CC3)C[C@H](NS(C)(=O)=O)[C@@](C)(O)CO4)cc2c1. The van der Waals surface area contributed by atoms with Gasteiger partial charge >= 0.3 is 0 Å². The topological polar surface area (TPSA) is 109 Å². The summed E-state index contributed by atoms with van der Waals surface area (Å²) in [7, 11) is -3.47. The molecular weight excluding hydrogens is 408 g/mol. The van der Waals surface area contributed by atoms with Crippen molar-refractivity contribution < 1.29 is 27.5 Å². The molecule has 2 fully saturated rings. The van der Waals surface area contributed by atoms with Crippen molar-refractivity contribution in [2.24, 2.45) is 0 Å². The normalized spacial score (nSPS) is 26.9. The number of nitrogens with zero attached hydrogens (tertiary/aromatic N) is 1. The molecule has 2 aromatic rings. The molecule has 2 aliphatic heterocycles. The van der Waals surface area contributed by atoms with Crippen molar-refractivity contribution in [2.45, 2.75) is 50.4 Å². The fourth-order valence-electron chi connectivity index (χ4n) is 4.37. The van der Waals surface area contributed by atoms with Crippen LogP contribution in [0.1, 0.15) is 42.3 Å². The van der Waals surface area contributed by atoms with Gasteiger partial charge in [-0.2, -0.15) is 0 Å². The molecule has 0 radical (unpaired) electrons. The predicted octanol–water partition coefficient (Wildman–Crippen LogP) is 1.81. The molecule has 1 spiro atoms. The molecule has 0 bridgehead atoms. The molecule has 2 aliphatic rings. The van der Waals surface area contributed by atoms with Crippen LogP contribution in [-0.4, -0.2) is 67.5 Å². The van der Waals surface area contributed by atoms with Crippen LogP contribution in [0.4, 0.5) is 0 Å². The molecule has 3 heterocycles. The maximum absolute atomic E-state index is 12.9. The lowest BCUT2D eigenvalue weighted by molar-refractivity contribution is -0.187. The van der Waals surface area contributed by atoms with Gasteiger partial charge in [0.1, 0.15) is 11.2 Å². The van der Waals surface area contributed by atoms with Crippen LogP contribution in [0.25, 0.3) is 11.0 Å². The number of aryl methyl sites for hydroxylation is 1. The fourth-order valence-corrected chi connectivity index (χ4v) is 5.22. The van der Waals surface area contributed by atoms with Crippen LogP contribution >= 0.6 is 0 Å². The molecule has 0 unspecified atom stereocenters. The number of rotatable bonds is 3. The van der Waals surface area contributed by atoms with Crippen molar-refractivity contribution in [3.05, 3.63) is 35.6 Å². The number of aliphatic hydroxyl groups is 1. The van der Waals surface area contributed by atoms with E-state index in [1.165, 1.54) is 0 Å². The Morgan fingerprint density at radius 3 is 2.63 bits per heavy atom. The van der Waals surface area contributed by atoms with Crippen LogP contribution in [0, 0.1) is 6.92 Å². The summed E-state index contributed by atoms with van der Waals surface area (Å²) in [4.78, 5) is 14.7. The summed E-state index contributed by atoms with van der Waals surface area (Å²) in [6.45, 7) is 4.55. The highest BCUT2D eigenvalue weighted by Crippen LogP contribution is 2.39. The first-order valence-corrected chi connectivity index (χ1v) is 12.0. The van der Waals surface area contributed by atoms with Gasteiger partial charge < -0.3 is 19.2 Å². The number of hydrogen-bond acceptors (Lipinski definition) is 6. The minimum atomic E-state index is -3.47. The quantitative estimate of drug-likeness (QED) is 0.760. The largest absolute Gasteiger partial charge is 0.451 e. The Balaban J connectivity index is 1.45. The first-order valence-electron chi connectivity index (χ1n) is 10.1. The van der Waals surface area contributed by atoms with Crippen LogP contribution in [0.2, 0.25) is 0 Å². The van der Waals surface area contributed by atoms with Gasteiger partial charge in [0, 0.05) is 18.5 Å². The van der Waals surface area contributed by atoms with E-state index in [4.69, 9.17) is 9.15 Å². The zero-order valence-corrected chi connectivity index (χ0v) is 18.3. The van der Waals surface area contributed by atoms with E-state index in [9.17, 15) is 18.3 Å². The Morgan fingerprint density at radius 2 is 1.97 bits per heavy atom. The molecule has 2 atom stereocenters. The number of fused-ring (bicyclic) bond motifs is 1. The van der Waals surface area contributed by atoms with E-state index in [1.54, 1.807) is 17.9 Å². The second-order valence-corrected chi connectivity index (χ2v) is 10.7. The molecule has 2 saturated heterocycles. The minimum absolute atomic E-state index is 0.0387. The predicted molar refractivity (Wildman–Crippen MR) is 112 cm³/mol. The molecule has 1 aromatic carbocycles. The standard InChI is InChI=1S/C21H28N2O6S/c1-14-4-5-16-15(10-14)11-17(29-16)19(24)23-8-6-21(7-9-23)12-18(22-30(3,26)27)20(2,25)13-28-21/h4-5,10-11,18,22,25H,6-9,12-13H2,1-3H3/t18-,20-/m0/s1. The van der Waals surface area contributed by atoms with E-state index in [0.29, 0.717) is 43.7 Å². The third-order valence-electron chi connectivity index (χ3n) is 6.20.